The van der Waals surface area contributed by atoms with E-state index in [1.165, 1.54) is 4.90 Å². The van der Waals surface area contributed by atoms with E-state index in [0.717, 1.165) is 5.56 Å². The second-order valence-corrected chi connectivity index (χ2v) is 4.88. The number of amides is 2. The van der Waals surface area contributed by atoms with E-state index in [4.69, 9.17) is 0 Å². The van der Waals surface area contributed by atoms with Gasteiger partial charge in [-0.15, -0.1) is 0 Å². The molecule has 94 valence electrons. The average molecular weight is 243 g/mol. The molecule has 0 unspecified atom stereocenters. The number of hydrogen-bond acceptors (Lipinski definition) is 2. The van der Waals surface area contributed by atoms with E-state index in [1.807, 2.05) is 50.3 Å². The second-order valence-electron chi connectivity index (χ2n) is 4.88. The molecule has 0 saturated carbocycles. The van der Waals surface area contributed by atoms with E-state index in [0.29, 0.717) is 12.1 Å². The number of carbonyl (C=O) groups excluding carboxylic acids is 2. The number of nitrogens with zero attached hydrogens (tertiary/aromatic N) is 1. The molecule has 0 radical (unpaired) electrons. The zero-order valence-corrected chi connectivity index (χ0v) is 10.7. The van der Waals surface area contributed by atoms with Crippen LogP contribution in [-0.2, 0) is 16.1 Å². The molecular weight excluding hydrogens is 226 g/mol. The molecule has 1 aliphatic rings. The Hall–Kier alpha value is -1.90. The highest BCUT2D eigenvalue weighted by Crippen LogP contribution is 2.22. The number of hydrogen-bond donors (Lipinski definition) is 0. The quantitative estimate of drug-likeness (QED) is 0.604. The van der Waals surface area contributed by atoms with Crippen molar-refractivity contribution < 1.29 is 9.59 Å². The third kappa shape index (κ3) is 2.67. The Bertz CT molecular complexity index is 488. The number of carbonyl (C=O) groups is 2. The summed E-state index contributed by atoms with van der Waals surface area (Å²) in [5.41, 5.74) is 1.61. The Morgan fingerprint density at radius 2 is 1.89 bits per heavy atom. The van der Waals surface area contributed by atoms with Gasteiger partial charge in [0.1, 0.15) is 0 Å². The number of imide groups is 1. The van der Waals surface area contributed by atoms with E-state index >= 15 is 0 Å². The molecule has 0 spiro atoms. The summed E-state index contributed by atoms with van der Waals surface area (Å²) in [5, 5.41) is 0. The Morgan fingerprint density at radius 1 is 1.22 bits per heavy atom. The smallest absolute Gasteiger partial charge is 0.256 e. The molecule has 1 saturated heterocycles. The Labute approximate surface area is 107 Å². The topological polar surface area (TPSA) is 37.4 Å². The zero-order valence-electron chi connectivity index (χ0n) is 10.7. The molecule has 1 heterocycles. The van der Waals surface area contributed by atoms with Crippen LogP contribution in [0.25, 0.3) is 0 Å². The van der Waals surface area contributed by atoms with Gasteiger partial charge in [-0.3, -0.25) is 14.5 Å². The van der Waals surface area contributed by atoms with Crippen molar-refractivity contribution in [2.75, 3.05) is 0 Å². The number of allylic oxidation sites excluding steroid dienone is 1. The van der Waals surface area contributed by atoms with Crippen LogP contribution in [0.4, 0.5) is 0 Å². The van der Waals surface area contributed by atoms with Crippen LogP contribution in [0.2, 0.25) is 0 Å². The molecule has 0 aromatic heterocycles. The SMILES string of the molecule is CC(C)C=C1CC(=O)N(Cc2ccccc2)C1=O. The number of rotatable bonds is 3. The molecule has 1 aliphatic heterocycles. The predicted octanol–water partition coefficient (Wildman–Crippen LogP) is 2.53. The Balaban J connectivity index is 2.15. The van der Waals surface area contributed by atoms with Crippen LogP contribution in [-0.4, -0.2) is 16.7 Å². The lowest BCUT2D eigenvalue weighted by Crippen LogP contribution is -2.28. The van der Waals surface area contributed by atoms with Gasteiger partial charge in [0.25, 0.3) is 5.91 Å². The monoisotopic (exact) mass is 243 g/mol. The van der Waals surface area contributed by atoms with Crippen molar-refractivity contribution in [3.05, 3.63) is 47.5 Å². The molecule has 2 amide bonds. The summed E-state index contributed by atoms with van der Waals surface area (Å²) >= 11 is 0. The van der Waals surface area contributed by atoms with Crippen LogP contribution in [0.5, 0.6) is 0 Å². The normalized spacial score (nSPS) is 18.2. The lowest BCUT2D eigenvalue weighted by atomic mass is 10.1. The van der Waals surface area contributed by atoms with E-state index in [2.05, 4.69) is 0 Å². The van der Waals surface area contributed by atoms with Gasteiger partial charge in [0.15, 0.2) is 0 Å². The van der Waals surface area contributed by atoms with Crippen LogP contribution >= 0.6 is 0 Å². The van der Waals surface area contributed by atoms with Gasteiger partial charge in [-0.05, 0) is 11.5 Å². The maximum atomic E-state index is 12.1. The Morgan fingerprint density at radius 3 is 2.50 bits per heavy atom. The van der Waals surface area contributed by atoms with Gasteiger partial charge in [0, 0.05) is 5.57 Å². The second kappa shape index (κ2) is 5.17. The standard InChI is InChI=1S/C15H17NO2/c1-11(2)8-13-9-14(17)16(15(13)18)10-12-6-4-3-5-7-12/h3-8,11H,9-10H2,1-2H3. The zero-order chi connectivity index (χ0) is 13.1. The van der Waals surface area contributed by atoms with Crippen LogP contribution in [0.15, 0.2) is 42.0 Å². The van der Waals surface area contributed by atoms with Gasteiger partial charge < -0.3 is 0 Å². The molecule has 0 atom stereocenters. The average Bonchev–Trinajstić information content (AvgIpc) is 2.58. The minimum absolute atomic E-state index is 0.101. The largest absolute Gasteiger partial charge is 0.274 e. The summed E-state index contributed by atoms with van der Waals surface area (Å²) in [5.74, 6) is 0.0433. The van der Waals surface area contributed by atoms with E-state index in [-0.39, 0.29) is 24.2 Å². The third-order valence-electron chi connectivity index (χ3n) is 2.88. The number of benzene rings is 1. The third-order valence-corrected chi connectivity index (χ3v) is 2.88. The highest BCUT2D eigenvalue weighted by molar-refractivity contribution is 6.13. The van der Waals surface area contributed by atoms with Crippen molar-refractivity contribution in [1.29, 1.82) is 0 Å². The van der Waals surface area contributed by atoms with Crippen LogP contribution in [0, 0.1) is 5.92 Å². The Kier molecular flexibility index (Phi) is 3.60. The van der Waals surface area contributed by atoms with Gasteiger partial charge in [-0.25, -0.2) is 0 Å². The first-order valence-corrected chi connectivity index (χ1v) is 6.17. The van der Waals surface area contributed by atoms with Gasteiger partial charge in [0.05, 0.1) is 13.0 Å². The van der Waals surface area contributed by atoms with Crippen molar-refractivity contribution in [2.45, 2.75) is 26.8 Å². The van der Waals surface area contributed by atoms with Crippen molar-refractivity contribution in [3.63, 3.8) is 0 Å². The fraction of sp³-hybridized carbons (Fsp3) is 0.333. The van der Waals surface area contributed by atoms with Crippen LogP contribution in [0.1, 0.15) is 25.8 Å². The molecular formula is C15H17NO2. The van der Waals surface area contributed by atoms with Gasteiger partial charge in [-0.2, -0.15) is 0 Å². The molecule has 0 aliphatic carbocycles. The van der Waals surface area contributed by atoms with E-state index < -0.39 is 0 Å². The van der Waals surface area contributed by atoms with E-state index in [9.17, 15) is 9.59 Å². The first kappa shape index (κ1) is 12.6. The lowest BCUT2D eigenvalue weighted by Gasteiger charge is -2.13. The molecule has 3 heteroatoms. The van der Waals surface area contributed by atoms with Crippen molar-refractivity contribution in [2.24, 2.45) is 5.92 Å². The fourth-order valence-corrected chi connectivity index (χ4v) is 2.08. The summed E-state index contributed by atoms with van der Waals surface area (Å²) in [6.07, 6.45) is 2.12. The molecule has 3 nitrogen and oxygen atoms in total. The molecule has 0 bridgehead atoms. The van der Waals surface area contributed by atoms with Gasteiger partial charge >= 0.3 is 0 Å². The molecule has 1 aromatic rings. The summed E-state index contributed by atoms with van der Waals surface area (Å²) in [6, 6.07) is 9.58. The van der Waals surface area contributed by atoms with Crippen molar-refractivity contribution in [3.8, 4) is 0 Å². The minimum atomic E-state index is -0.141. The fourth-order valence-electron chi connectivity index (χ4n) is 2.08. The maximum Gasteiger partial charge on any atom is 0.256 e. The summed E-state index contributed by atoms with van der Waals surface area (Å²) < 4.78 is 0. The highest BCUT2D eigenvalue weighted by Gasteiger charge is 2.33. The van der Waals surface area contributed by atoms with Gasteiger partial charge in [0.2, 0.25) is 5.91 Å². The summed E-state index contributed by atoms with van der Waals surface area (Å²) in [6.45, 7) is 4.38. The minimum Gasteiger partial charge on any atom is -0.274 e. The highest BCUT2D eigenvalue weighted by atomic mass is 16.2. The molecule has 0 N–H and O–H groups in total. The molecule has 1 aromatic carbocycles. The number of likely N-dealkylation sites (tertiary alicyclic amines) is 1. The summed E-state index contributed by atoms with van der Waals surface area (Å²) in [7, 11) is 0. The predicted molar refractivity (Wildman–Crippen MR) is 69.5 cm³/mol. The van der Waals surface area contributed by atoms with Gasteiger partial charge in [-0.1, -0.05) is 50.3 Å². The van der Waals surface area contributed by atoms with Crippen molar-refractivity contribution in [1.82, 2.24) is 4.90 Å². The van der Waals surface area contributed by atoms with Crippen LogP contribution < -0.4 is 0 Å². The van der Waals surface area contributed by atoms with Crippen molar-refractivity contribution >= 4 is 11.8 Å². The lowest BCUT2D eigenvalue weighted by molar-refractivity contribution is -0.138. The first-order valence-electron chi connectivity index (χ1n) is 6.17. The molecule has 18 heavy (non-hydrogen) atoms. The van der Waals surface area contributed by atoms with E-state index in [1.54, 1.807) is 0 Å². The molecule has 2 rings (SSSR count). The first-order chi connectivity index (χ1) is 8.58. The van der Waals surface area contributed by atoms with Crippen LogP contribution in [0.3, 0.4) is 0 Å². The maximum absolute atomic E-state index is 12.1. The molecule has 1 fully saturated rings. The summed E-state index contributed by atoms with van der Waals surface area (Å²) in [4.78, 5) is 25.3.